The number of methoxy groups -OCH3 is 1. The Balaban J connectivity index is 2.80. The lowest BCUT2D eigenvalue weighted by molar-refractivity contribution is -0.137. The number of halogens is 1. The van der Waals surface area contributed by atoms with Crippen LogP contribution in [0, 0.1) is 11.3 Å². The standard InChI is InChI=1S/C13H14BrN3O4/c1-21-5-4-17(8-12(18)19)13(20)16-11-3-2-9(7-15)6-10(11)14/h2-3,6H,4-5,8H2,1H3,(H,16,20)(H,18,19). The second-order valence-electron chi connectivity index (χ2n) is 4.04. The van der Waals surface area contributed by atoms with Crippen molar-refractivity contribution in [2.75, 3.05) is 32.1 Å². The van der Waals surface area contributed by atoms with Gasteiger partial charge in [-0.05, 0) is 34.1 Å². The van der Waals surface area contributed by atoms with Gasteiger partial charge in [0.15, 0.2) is 0 Å². The Morgan fingerprint density at radius 2 is 2.24 bits per heavy atom. The van der Waals surface area contributed by atoms with Crippen molar-refractivity contribution in [3.8, 4) is 6.07 Å². The number of aliphatic carboxylic acids is 1. The Morgan fingerprint density at radius 1 is 1.52 bits per heavy atom. The van der Waals surface area contributed by atoms with Gasteiger partial charge in [0.05, 0.1) is 23.9 Å². The summed E-state index contributed by atoms with van der Waals surface area (Å²) in [7, 11) is 1.47. The van der Waals surface area contributed by atoms with Crippen molar-refractivity contribution in [2.45, 2.75) is 0 Å². The van der Waals surface area contributed by atoms with Crippen molar-refractivity contribution in [3.63, 3.8) is 0 Å². The molecule has 0 aliphatic rings. The number of ether oxygens (including phenoxy) is 1. The van der Waals surface area contributed by atoms with Crippen LogP contribution in [0.4, 0.5) is 10.5 Å². The summed E-state index contributed by atoms with van der Waals surface area (Å²) in [6, 6.07) is 6.10. The van der Waals surface area contributed by atoms with Crippen LogP contribution in [-0.2, 0) is 9.53 Å². The molecule has 112 valence electrons. The van der Waals surface area contributed by atoms with E-state index >= 15 is 0 Å². The first-order chi connectivity index (χ1) is 9.97. The Kier molecular flexibility index (Phi) is 6.65. The third kappa shape index (κ3) is 5.41. The van der Waals surface area contributed by atoms with E-state index in [0.717, 1.165) is 4.90 Å². The number of nitrogens with one attached hydrogen (secondary N) is 1. The zero-order valence-electron chi connectivity index (χ0n) is 11.3. The van der Waals surface area contributed by atoms with E-state index in [0.29, 0.717) is 15.7 Å². The minimum Gasteiger partial charge on any atom is -0.480 e. The Morgan fingerprint density at radius 3 is 2.76 bits per heavy atom. The van der Waals surface area contributed by atoms with Gasteiger partial charge in [-0.2, -0.15) is 5.26 Å². The van der Waals surface area contributed by atoms with Gasteiger partial charge in [-0.1, -0.05) is 0 Å². The maximum Gasteiger partial charge on any atom is 0.323 e. The van der Waals surface area contributed by atoms with E-state index in [9.17, 15) is 9.59 Å². The molecule has 0 saturated carbocycles. The molecule has 0 heterocycles. The van der Waals surface area contributed by atoms with Gasteiger partial charge >= 0.3 is 12.0 Å². The smallest absolute Gasteiger partial charge is 0.323 e. The molecule has 0 saturated heterocycles. The topological polar surface area (TPSA) is 103 Å². The third-order valence-electron chi connectivity index (χ3n) is 2.52. The summed E-state index contributed by atoms with van der Waals surface area (Å²) in [5.41, 5.74) is 0.897. The molecule has 0 aromatic heterocycles. The number of hydrogen-bond donors (Lipinski definition) is 2. The van der Waals surface area contributed by atoms with E-state index in [4.69, 9.17) is 15.1 Å². The van der Waals surface area contributed by atoms with Crippen molar-refractivity contribution >= 4 is 33.6 Å². The molecular formula is C13H14BrN3O4. The summed E-state index contributed by atoms with van der Waals surface area (Å²) in [4.78, 5) is 24.0. The second kappa shape index (κ2) is 8.24. The average Bonchev–Trinajstić information content (AvgIpc) is 2.45. The fourth-order valence-corrected chi connectivity index (χ4v) is 1.98. The van der Waals surface area contributed by atoms with Crippen molar-refractivity contribution in [3.05, 3.63) is 28.2 Å². The van der Waals surface area contributed by atoms with Gasteiger partial charge in [-0.3, -0.25) is 4.79 Å². The number of rotatable bonds is 6. The van der Waals surface area contributed by atoms with E-state index in [1.165, 1.54) is 7.11 Å². The summed E-state index contributed by atoms with van der Waals surface area (Å²) in [5, 5.41) is 20.2. The monoisotopic (exact) mass is 355 g/mol. The maximum absolute atomic E-state index is 12.1. The molecule has 0 aliphatic heterocycles. The number of urea groups is 1. The Hall–Kier alpha value is -2.11. The molecule has 0 radical (unpaired) electrons. The molecule has 2 amide bonds. The largest absolute Gasteiger partial charge is 0.480 e. The number of benzene rings is 1. The third-order valence-corrected chi connectivity index (χ3v) is 3.17. The molecule has 1 aromatic rings. The van der Waals surface area contributed by atoms with Crippen molar-refractivity contribution in [2.24, 2.45) is 0 Å². The first-order valence-corrected chi connectivity index (χ1v) is 6.73. The van der Waals surface area contributed by atoms with Gasteiger partial charge in [0.1, 0.15) is 6.54 Å². The summed E-state index contributed by atoms with van der Waals surface area (Å²) in [5.74, 6) is -1.11. The first-order valence-electron chi connectivity index (χ1n) is 5.94. The van der Waals surface area contributed by atoms with Crippen LogP contribution >= 0.6 is 15.9 Å². The summed E-state index contributed by atoms with van der Waals surface area (Å²) >= 11 is 3.24. The molecule has 7 nitrogen and oxygen atoms in total. The van der Waals surface area contributed by atoms with Gasteiger partial charge in [-0.25, -0.2) is 4.79 Å². The number of hydrogen-bond acceptors (Lipinski definition) is 4. The minimum atomic E-state index is -1.11. The predicted molar refractivity (Wildman–Crippen MR) is 79.0 cm³/mol. The number of carbonyl (C=O) groups excluding carboxylic acids is 1. The molecule has 2 N–H and O–H groups in total. The van der Waals surface area contributed by atoms with Crippen LogP contribution in [0.2, 0.25) is 0 Å². The molecule has 0 unspecified atom stereocenters. The maximum atomic E-state index is 12.1. The zero-order valence-corrected chi connectivity index (χ0v) is 12.9. The predicted octanol–water partition coefficient (Wildman–Crippen LogP) is 1.89. The minimum absolute atomic E-state index is 0.155. The number of anilines is 1. The SMILES string of the molecule is COCCN(CC(=O)O)C(=O)Nc1ccc(C#N)cc1Br. The van der Waals surface area contributed by atoms with Gasteiger partial charge < -0.3 is 20.1 Å². The van der Waals surface area contributed by atoms with Crippen molar-refractivity contribution < 1.29 is 19.4 Å². The average molecular weight is 356 g/mol. The molecule has 1 aromatic carbocycles. The molecule has 0 fully saturated rings. The molecule has 1 rings (SSSR count). The van der Waals surface area contributed by atoms with Gasteiger partial charge in [0, 0.05) is 18.1 Å². The van der Waals surface area contributed by atoms with Crippen molar-refractivity contribution in [1.82, 2.24) is 4.90 Å². The number of carboxylic acid groups (broad SMARTS) is 1. The van der Waals surface area contributed by atoms with Crippen LogP contribution in [0.5, 0.6) is 0 Å². The molecule has 0 aliphatic carbocycles. The van der Waals surface area contributed by atoms with E-state index in [2.05, 4.69) is 21.2 Å². The van der Waals surface area contributed by atoms with Gasteiger partial charge in [-0.15, -0.1) is 0 Å². The Labute approximate surface area is 130 Å². The number of nitrogens with zero attached hydrogens (tertiary/aromatic N) is 2. The Bertz CT molecular complexity index is 571. The van der Waals surface area contributed by atoms with Crippen LogP contribution in [0.3, 0.4) is 0 Å². The van der Waals surface area contributed by atoms with Gasteiger partial charge in [0.2, 0.25) is 0 Å². The van der Waals surface area contributed by atoms with Crippen LogP contribution in [0.15, 0.2) is 22.7 Å². The van der Waals surface area contributed by atoms with Crippen LogP contribution in [-0.4, -0.2) is 48.8 Å². The number of carbonyl (C=O) groups is 2. The lowest BCUT2D eigenvalue weighted by atomic mass is 10.2. The number of amides is 2. The molecule has 0 atom stereocenters. The van der Waals surface area contributed by atoms with E-state index < -0.39 is 18.5 Å². The van der Waals surface area contributed by atoms with Crippen LogP contribution in [0.25, 0.3) is 0 Å². The molecule has 8 heteroatoms. The first kappa shape index (κ1) is 16.9. The highest BCUT2D eigenvalue weighted by Crippen LogP contribution is 2.23. The molecular weight excluding hydrogens is 342 g/mol. The fraction of sp³-hybridized carbons (Fsp3) is 0.308. The highest BCUT2D eigenvalue weighted by atomic mass is 79.9. The lowest BCUT2D eigenvalue weighted by Crippen LogP contribution is -2.40. The molecule has 0 spiro atoms. The quantitative estimate of drug-likeness (QED) is 0.810. The molecule has 21 heavy (non-hydrogen) atoms. The molecule has 0 bridgehead atoms. The number of nitriles is 1. The zero-order chi connectivity index (χ0) is 15.8. The van der Waals surface area contributed by atoms with E-state index in [1.807, 2.05) is 6.07 Å². The van der Waals surface area contributed by atoms with Gasteiger partial charge in [0.25, 0.3) is 0 Å². The highest BCUT2D eigenvalue weighted by molar-refractivity contribution is 9.10. The van der Waals surface area contributed by atoms with Crippen LogP contribution in [0.1, 0.15) is 5.56 Å². The summed E-state index contributed by atoms with van der Waals surface area (Å²) in [6.45, 7) is -0.0408. The highest BCUT2D eigenvalue weighted by Gasteiger charge is 2.17. The van der Waals surface area contributed by atoms with E-state index in [1.54, 1.807) is 18.2 Å². The summed E-state index contributed by atoms with van der Waals surface area (Å²) < 4.78 is 5.39. The van der Waals surface area contributed by atoms with E-state index in [-0.39, 0.29) is 13.2 Å². The summed E-state index contributed by atoms with van der Waals surface area (Å²) in [6.07, 6.45) is 0. The lowest BCUT2D eigenvalue weighted by Gasteiger charge is -2.21. The van der Waals surface area contributed by atoms with Crippen molar-refractivity contribution in [1.29, 1.82) is 5.26 Å². The number of carboxylic acids is 1. The second-order valence-corrected chi connectivity index (χ2v) is 4.90. The fourth-order valence-electron chi connectivity index (χ4n) is 1.50. The normalized spacial score (nSPS) is 9.76. The van der Waals surface area contributed by atoms with Crippen LogP contribution < -0.4 is 5.32 Å².